The average Bonchev–Trinajstić information content (AvgIpc) is 2.87. The fourth-order valence-corrected chi connectivity index (χ4v) is 4.08. The van der Waals surface area contributed by atoms with Gasteiger partial charge in [0.05, 0.1) is 16.9 Å². The number of hydrogen-bond acceptors (Lipinski definition) is 9. The molecule has 9 nitrogen and oxygen atoms in total. The number of carbonyl (C=O) groups excluding carboxylic acids is 2. The zero-order valence-electron chi connectivity index (χ0n) is 22.6. The molecule has 2 N–H and O–H groups in total. The minimum absolute atomic E-state index is 0. The van der Waals surface area contributed by atoms with Crippen molar-refractivity contribution in [1.82, 2.24) is 0 Å². The van der Waals surface area contributed by atoms with Gasteiger partial charge < -0.3 is 34.0 Å². The number of aliphatic carboxylic acids is 1. The zero-order chi connectivity index (χ0) is 27.8. The van der Waals surface area contributed by atoms with Gasteiger partial charge in [-0.05, 0) is 56.2 Å². The molecule has 0 spiro atoms. The number of aryl methyl sites for hydroxylation is 1. The number of carbonyl (C=O) groups is 2. The van der Waals surface area contributed by atoms with Crippen molar-refractivity contribution in [3.63, 3.8) is 0 Å². The maximum absolute atomic E-state index is 12.6. The van der Waals surface area contributed by atoms with Crippen LogP contribution in [0, 0.1) is 0 Å². The SMILES string of the molecule is CCCc1c(OCC(O)COc2ccc3c(=O)cc(/C=C/C(=O)[O-])oc3c2CCC)ccc(C(C)=O)c1O.[Na+]. The second kappa shape index (κ2) is 14.9. The maximum Gasteiger partial charge on any atom is 1.00 e. The van der Waals surface area contributed by atoms with Crippen LogP contribution in [-0.4, -0.2) is 41.3 Å². The number of carboxylic acid groups (broad SMARTS) is 1. The summed E-state index contributed by atoms with van der Waals surface area (Å²) >= 11 is 0. The first-order chi connectivity index (χ1) is 18.2. The Morgan fingerprint density at radius 1 is 1.03 bits per heavy atom. The quantitative estimate of drug-likeness (QED) is 0.174. The van der Waals surface area contributed by atoms with Gasteiger partial charge in [-0.2, -0.15) is 0 Å². The summed E-state index contributed by atoms with van der Waals surface area (Å²) < 4.78 is 17.4. The van der Waals surface area contributed by atoms with Crippen molar-refractivity contribution in [2.45, 2.75) is 52.6 Å². The first-order valence-electron chi connectivity index (χ1n) is 12.4. The smallest absolute Gasteiger partial charge is 0.545 e. The van der Waals surface area contributed by atoms with E-state index in [1.54, 1.807) is 18.2 Å². The van der Waals surface area contributed by atoms with Gasteiger partial charge in [-0.15, -0.1) is 0 Å². The predicted octanol–water partition coefficient (Wildman–Crippen LogP) is 0.192. The van der Waals surface area contributed by atoms with Gasteiger partial charge in [-0.3, -0.25) is 9.59 Å². The monoisotopic (exact) mass is 546 g/mol. The summed E-state index contributed by atoms with van der Waals surface area (Å²) in [6, 6.07) is 7.48. The molecule has 1 atom stereocenters. The Labute approximate surface area is 248 Å². The Kier molecular flexibility index (Phi) is 12.3. The van der Waals surface area contributed by atoms with Crippen LogP contribution in [-0.2, 0) is 17.6 Å². The van der Waals surface area contributed by atoms with Crippen LogP contribution in [0.5, 0.6) is 17.2 Å². The van der Waals surface area contributed by atoms with Crippen LogP contribution in [0.1, 0.15) is 60.9 Å². The number of rotatable bonds is 13. The molecular formula is C29H31NaO9. The Morgan fingerprint density at radius 2 is 1.62 bits per heavy atom. The number of aromatic hydroxyl groups is 1. The number of benzene rings is 2. The van der Waals surface area contributed by atoms with Crippen LogP contribution in [0.15, 0.2) is 45.6 Å². The molecule has 3 rings (SSSR count). The predicted molar refractivity (Wildman–Crippen MR) is 140 cm³/mol. The van der Waals surface area contributed by atoms with Crippen LogP contribution < -0.4 is 49.6 Å². The summed E-state index contributed by atoms with van der Waals surface area (Å²) in [6.45, 7) is 5.01. The largest absolute Gasteiger partial charge is 1.00 e. The van der Waals surface area contributed by atoms with Crippen molar-refractivity contribution in [3.05, 3.63) is 69.1 Å². The number of hydrogen-bond donors (Lipinski definition) is 2. The zero-order valence-corrected chi connectivity index (χ0v) is 24.6. The Morgan fingerprint density at radius 3 is 2.21 bits per heavy atom. The Bertz CT molecular complexity index is 1410. The molecule has 2 aromatic carbocycles. The van der Waals surface area contributed by atoms with Gasteiger partial charge in [-0.1, -0.05) is 26.7 Å². The fourth-order valence-electron chi connectivity index (χ4n) is 4.08. The van der Waals surface area contributed by atoms with E-state index in [1.807, 2.05) is 13.8 Å². The standard InChI is InChI=1S/C29H32O9.Na/c1-4-6-22-25(11-9-20(17(3)30)28(22)35)36-15-18(31)16-37-26-12-10-21-24(32)14-19(8-13-27(33)34)38-29(21)23(26)7-5-2;/h8-14,18,31,35H,4-7,15-16H2,1-3H3,(H,33,34);/q;+1/p-1/b13-8+;. The fraction of sp³-hybridized carbons (Fsp3) is 0.345. The molecule has 1 unspecified atom stereocenters. The summed E-state index contributed by atoms with van der Waals surface area (Å²) in [5, 5.41) is 32.1. The molecule has 202 valence electrons. The van der Waals surface area contributed by atoms with E-state index in [-0.39, 0.29) is 76.6 Å². The average molecular weight is 547 g/mol. The minimum Gasteiger partial charge on any atom is -0.545 e. The number of aliphatic hydroxyl groups excluding tert-OH is 1. The van der Waals surface area contributed by atoms with Crippen LogP contribution >= 0.6 is 0 Å². The number of carboxylic acids is 1. The van der Waals surface area contributed by atoms with Gasteiger partial charge >= 0.3 is 29.6 Å². The molecule has 0 aliphatic rings. The van der Waals surface area contributed by atoms with E-state index < -0.39 is 12.1 Å². The molecule has 0 radical (unpaired) electrons. The van der Waals surface area contributed by atoms with Crippen LogP contribution in [0.25, 0.3) is 17.0 Å². The van der Waals surface area contributed by atoms with Crippen molar-refractivity contribution in [2.75, 3.05) is 13.2 Å². The molecule has 1 heterocycles. The Balaban J connectivity index is 0.00000533. The number of phenolic OH excluding ortho intramolecular Hbond substituents is 1. The normalized spacial score (nSPS) is 11.8. The van der Waals surface area contributed by atoms with E-state index in [0.717, 1.165) is 18.6 Å². The molecule has 0 fully saturated rings. The summed E-state index contributed by atoms with van der Waals surface area (Å²) in [6.07, 6.45) is 3.33. The number of aliphatic hydroxyl groups is 1. The van der Waals surface area contributed by atoms with Crippen molar-refractivity contribution in [2.24, 2.45) is 0 Å². The number of fused-ring (bicyclic) bond motifs is 1. The van der Waals surface area contributed by atoms with Crippen molar-refractivity contribution < 1.29 is 68.4 Å². The second-order valence-corrected chi connectivity index (χ2v) is 8.85. The van der Waals surface area contributed by atoms with E-state index in [2.05, 4.69) is 0 Å². The summed E-state index contributed by atoms with van der Waals surface area (Å²) in [4.78, 5) is 35.1. The first-order valence-corrected chi connectivity index (χ1v) is 12.4. The molecule has 0 saturated heterocycles. The number of ether oxygens (including phenoxy) is 2. The third kappa shape index (κ3) is 8.19. The third-order valence-corrected chi connectivity index (χ3v) is 5.84. The van der Waals surface area contributed by atoms with E-state index in [4.69, 9.17) is 13.9 Å². The molecule has 0 saturated carbocycles. The van der Waals surface area contributed by atoms with Gasteiger partial charge in [0, 0.05) is 17.2 Å². The summed E-state index contributed by atoms with van der Waals surface area (Å²) in [5.74, 6) is -0.921. The van der Waals surface area contributed by atoms with Gasteiger partial charge in [0.1, 0.15) is 47.9 Å². The van der Waals surface area contributed by atoms with Crippen LogP contribution in [0.2, 0.25) is 0 Å². The van der Waals surface area contributed by atoms with Crippen molar-refractivity contribution >= 4 is 28.8 Å². The number of phenols is 1. The second-order valence-electron chi connectivity index (χ2n) is 8.85. The third-order valence-electron chi connectivity index (χ3n) is 5.84. The van der Waals surface area contributed by atoms with E-state index in [0.29, 0.717) is 47.3 Å². The molecule has 0 bridgehead atoms. The van der Waals surface area contributed by atoms with Gasteiger partial charge in [0.2, 0.25) is 0 Å². The molecular weight excluding hydrogens is 515 g/mol. The van der Waals surface area contributed by atoms with Crippen molar-refractivity contribution in [3.8, 4) is 17.2 Å². The molecule has 3 aromatic rings. The Hall–Kier alpha value is -3.11. The number of Topliss-reactive ketones (excluding diaryl/α,β-unsaturated/α-hetero) is 1. The van der Waals surface area contributed by atoms with Gasteiger partial charge in [0.15, 0.2) is 11.2 Å². The van der Waals surface area contributed by atoms with Crippen molar-refractivity contribution in [1.29, 1.82) is 0 Å². The molecule has 0 aliphatic carbocycles. The summed E-state index contributed by atoms with van der Waals surface area (Å²) in [7, 11) is 0. The van der Waals surface area contributed by atoms with Crippen LogP contribution in [0.3, 0.4) is 0 Å². The molecule has 1 aromatic heterocycles. The van der Waals surface area contributed by atoms with Crippen LogP contribution in [0.4, 0.5) is 0 Å². The maximum atomic E-state index is 12.6. The number of ketones is 1. The van der Waals surface area contributed by atoms with Gasteiger partial charge in [-0.25, -0.2) is 0 Å². The first kappa shape index (κ1) is 32.1. The molecule has 0 amide bonds. The minimum atomic E-state index is -1.42. The van der Waals surface area contributed by atoms with E-state index in [1.165, 1.54) is 19.1 Å². The molecule has 0 aliphatic heterocycles. The van der Waals surface area contributed by atoms with Gasteiger partial charge in [0.25, 0.3) is 0 Å². The van der Waals surface area contributed by atoms with E-state index in [9.17, 15) is 29.7 Å². The van der Waals surface area contributed by atoms with E-state index >= 15 is 0 Å². The molecule has 10 heteroatoms. The topological polar surface area (TPSA) is 146 Å². The summed E-state index contributed by atoms with van der Waals surface area (Å²) in [5.41, 5.74) is 1.30. The molecule has 39 heavy (non-hydrogen) atoms.